The molecule has 3 aromatic rings. The minimum absolute atomic E-state index is 0.0316. The molecule has 0 fully saturated rings. The predicted octanol–water partition coefficient (Wildman–Crippen LogP) is 2.18. The molecule has 1 N–H and O–H groups in total. The third-order valence-corrected chi connectivity index (χ3v) is 4.65. The molecule has 2 heterocycles. The van der Waals surface area contributed by atoms with Gasteiger partial charge >= 0.3 is 0 Å². The van der Waals surface area contributed by atoms with Crippen molar-refractivity contribution in [2.45, 2.75) is 25.8 Å². The number of H-pyrrole nitrogens is 1. The van der Waals surface area contributed by atoms with Crippen molar-refractivity contribution in [3.05, 3.63) is 40.7 Å². The largest absolute Gasteiger partial charge is 0.336 e. The van der Waals surface area contributed by atoms with E-state index in [4.69, 9.17) is 0 Å². The third-order valence-electron chi connectivity index (χ3n) is 4.09. The Labute approximate surface area is 131 Å². The first-order valence-electron chi connectivity index (χ1n) is 7.25. The molecule has 22 heavy (non-hydrogen) atoms. The van der Waals surface area contributed by atoms with Gasteiger partial charge in [-0.1, -0.05) is 6.07 Å². The molecule has 0 bridgehead atoms. The molecule has 0 radical (unpaired) electrons. The summed E-state index contributed by atoms with van der Waals surface area (Å²) in [5, 5.41) is 7.20. The highest BCUT2D eigenvalue weighted by molar-refractivity contribution is 7.00. The molecule has 1 aliphatic rings. The summed E-state index contributed by atoms with van der Waals surface area (Å²) in [6.45, 7) is 0.536. The lowest BCUT2D eigenvalue weighted by molar-refractivity contribution is 0.0778. The first kappa shape index (κ1) is 13.4. The van der Waals surface area contributed by atoms with Crippen LogP contribution in [0, 0.1) is 0 Å². The number of amides is 1. The second-order valence-electron chi connectivity index (χ2n) is 5.63. The first-order valence-corrected chi connectivity index (χ1v) is 7.98. The molecule has 0 saturated carbocycles. The van der Waals surface area contributed by atoms with Crippen molar-refractivity contribution in [1.29, 1.82) is 0 Å². The molecule has 1 aromatic carbocycles. The standard InChI is InChI=1S/C15H15N5OS/c1-20(8-9-5-6-12-13(7-9)19-22-18-12)15(21)14-10-3-2-4-11(10)16-17-14/h5-7H,2-4,8H2,1H3,(H,16,17). The normalized spacial score (nSPS) is 13.5. The lowest BCUT2D eigenvalue weighted by atomic mass is 10.1. The number of aryl methyl sites for hydroxylation is 1. The number of nitrogens with zero attached hydrogens (tertiary/aromatic N) is 4. The Kier molecular flexibility index (Phi) is 3.15. The maximum absolute atomic E-state index is 12.6. The number of hydrogen-bond acceptors (Lipinski definition) is 5. The first-order chi connectivity index (χ1) is 10.7. The number of rotatable bonds is 3. The summed E-state index contributed by atoms with van der Waals surface area (Å²) >= 11 is 1.20. The van der Waals surface area contributed by atoms with Crippen molar-refractivity contribution in [2.24, 2.45) is 0 Å². The number of aromatic amines is 1. The Hall–Kier alpha value is -2.28. The third kappa shape index (κ3) is 2.18. The number of nitrogens with one attached hydrogen (secondary N) is 1. The van der Waals surface area contributed by atoms with Gasteiger partial charge in [-0.2, -0.15) is 13.8 Å². The van der Waals surface area contributed by atoms with Gasteiger partial charge in [0.25, 0.3) is 5.91 Å². The average molecular weight is 313 g/mol. The fraction of sp³-hybridized carbons (Fsp3) is 0.333. The van der Waals surface area contributed by atoms with E-state index in [0.29, 0.717) is 12.2 Å². The van der Waals surface area contributed by atoms with Crippen LogP contribution in [0.15, 0.2) is 18.2 Å². The van der Waals surface area contributed by atoms with Gasteiger partial charge in [0.1, 0.15) is 11.0 Å². The summed E-state index contributed by atoms with van der Waals surface area (Å²) in [5.74, 6) is -0.0316. The summed E-state index contributed by atoms with van der Waals surface area (Å²) in [6.07, 6.45) is 3.03. The van der Waals surface area contributed by atoms with Gasteiger partial charge in [0, 0.05) is 24.8 Å². The van der Waals surface area contributed by atoms with Crippen LogP contribution in [0.5, 0.6) is 0 Å². The summed E-state index contributed by atoms with van der Waals surface area (Å²) in [4.78, 5) is 14.3. The van der Waals surface area contributed by atoms with Crippen LogP contribution in [0.2, 0.25) is 0 Å². The zero-order chi connectivity index (χ0) is 15.1. The van der Waals surface area contributed by atoms with Crippen LogP contribution < -0.4 is 0 Å². The fourth-order valence-electron chi connectivity index (χ4n) is 2.95. The molecule has 0 aliphatic heterocycles. The molecular weight excluding hydrogens is 298 g/mol. The number of fused-ring (bicyclic) bond motifs is 2. The Bertz CT molecular complexity index is 853. The summed E-state index contributed by atoms with van der Waals surface area (Å²) in [7, 11) is 1.81. The van der Waals surface area contributed by atoms with Crippen molar-refractivity contribution >= 4 is 28.7 Å². The molecule has 2 aromatic heterocycles. The van der Waals surface area contributed by atoms with E-state index >= 15 is 0 Å². The van der Waals surface area contributed by atoms with Gasteiger partial charge in [0.15, 0.2) is 5.69 Å². The van der Waals surface area contributed by atoms with Gasteiger partial charge in [-0.15, -0.1) is 0 Å². The Morgan fingerprint density at radius 3 is 3.09 bits per heavy atom. The number of benzene rings is 1. The van der Waals surface area contributed by atoms with E-state index in [1.54, 1.807) is 4.90 Å². The van der Waals surface area contributed by atoms with Gasteiger partial charge in [-0.05, 0) is 37.0 Å². The van der Waals surface area contributed by atoms with Crippen molar-refractivity contribution in [3.63, 3.8) is 0 Å². The van der Waals surface area contributed by atoms with Crippen LogP contribution in [-0.4, -0.2) is 36.8 Å². The van der Waals surface area contributed by atoms with Crippen molar-refractivity contribution < 1.29 is 4.79 Å². The molecule has 6 nitrogen and oxygen atoms in total. The maximum Gasteiger partial charge on any atom is 0.274 e. The quantitative estimate of drug-likeness (QED) is 0.804. The minimum Gasteiger partial charge on any atom is -0.336 e. The lowest BCUT2D eigenvalue weighted by Crippen LogP contribution is -2.27. The van der Waals surface area contributed by atoms with E-state index in [1.165, 1.54) is 11.7 Å². The molecule has 112 valence electrons. The van der Waals surface area contributed by atoms with Crippen LogP contribution in [0.3, 0.4) is 0 Å². The second-order valence-corrected chi connectivity index (χ2v) is 6.16. The molecule has 1 amide bonds. The highest BCUT2D eigenvalue weighted by Gasteiger charge is 2.25. The van der Waals surface area contributed by atoms with E-state index in [-0.39, 0.29) is 5.91 Å². The average Bonchev–Trinajstić information content (AvgIpc) is 3.22. The van der Waals surface area contributed by atoms with Crippen LogP contribution in [0.25, 0.3) is 11.0 Å². The molecule has 1 aliphatic carbocycles. The number of carbonyl (C=O) groups is 1. The number of hydrogen-bond donors (Lipinski definition) is 1. The van der Waals surface area contributed by atoms with Gasteiger partial charge < -0.3 is 4.90 Å². The highest BCUT2D eigenvalue weighted by atomic mass is 32.1. The summed E-state index contributed by atoms with van der Waals surface area (Å²) < 4.78 is 8.43. The van der Waals surface area contributed by atoms with Crippen molar-refractivity contribution in [2.75, 3.05) is 7.05 Å². The summed E-state index contributed by atoms with van der Waals surface area (Å²) in [6, 6.07) is 5.92. The van der Waals surface area contributed by atoms with E-state index in [9.17, 15) is 4.79 Å². The zero-order valence-corrected chi connectivity index (χ0v) is 13.0. The van der Waals surface area contributed by atoms with E-state index in [0.717, 1.165) is 47.1 Å². The van der Waals surface area contributed by atoms with Crippen LogP contribution in [0.1, 0.15) is 33.7 Å². The fourth-order valence-corrected chi connectivity index (χ4v) is 3.47. The number of aromatic nitrogens is 4. The van der Waals surface area contributed by atoms with E-state index < -0.39 is 0 Å². The molecule has 0 saturated heterocycles. The minimum atomic E-state index is -0.0316. The van der Waals surface area contributed by atoms with Crippen molar-refractivity contribution in [1.82, 2.24) is 23.8 Å². The zero-order valence-electron chi connectivity index (χ0n) is 12.2. The molecule has 0 unspecified atom stereocenters. The van der Waals surface area contributed by atoms with Gasteiger partial charge in [0.2, 0.25) is 0 Å². The summed E-state index contributed by atoms with van der Waals surface area (Å²) in [5.41, 5.74) is 5.61. The topological polar surface area (TPSA) is 74.8 Å². The monoisotopic (exact) mass is 313 g/mol. The van der Waals surface area contributed by atoms with Crippen LogP contribution in [0.4, 0.5) is 0 Å². The van der Waals surface area contributed by atoms with Crippen LogP contribution in [-0.2, 0) is 19.4 Å². The van der Waals surface area contributed by atoms with Gasteiger partial charge in [-0.25, -0.2) is 0 Å². The SMILES string of the molecule is CN(Cc1ccc2nsnc2c1)C(=O)c1n[nH]c2c1CCC2. The van der Waals surface area contributed by atoms with E-state index in [1.807, 2.05) is 25.2 Å². The molecular formula is C15H15N5OS. The maximum atomic E-state index is 12.6. The van der Waals surface area contributed by atoms with Gasteiger partial charge in [0.05, 0.1) is 11.7 Å². The Balaban J connectivity index is 1.55. The Morgan fingerprint density at radius 2 is 2.18 bits per heavy atom. The molecule has 7 heteroatoms. The van der Waals surface area contributed by atoms with E-state index in [2.05, 4.69) is 18.9 Å². The predicted molar refractivity (Wildman–Crippen MR) is 83.8 cm³/mol. The molecule has 0 atom stereocenters. The van der Waals surface area contributed by atoms with Gasteiger partial charge in [-0.3, -0.25) is 9.89 Å². The Morgan fingerprint density at radius 1 is 1.32 bits per heavy atom. The highest BCUT2D eigenvalue weighted by Crippen LogP contribution is 2.24. The lowest BCUT2D eigenvalue weighted by Gasteiger charge is -2.16. The van der Waals surface area contributed by atoms with Crippen molar-refractivity contribution in [3.8, 4) is 0 Å². The van der Waals surface area contributed by atoms with Crippen LogP contribution >= 0.6 is 11.7 Å². The number of carbonyl (C=O) groups excluding carboxylic acids is 1. The molecule has 4 rings (SSSR count). The smallest absolute Gasteiger partial charge is 0.274 e. The molecule has 0 spiro atoms. The second kappa shape index (κ2) is 5.17.